The predicted octanol–water partition coefficient (Wildman–Crippen LogP) is 6.00. The Morgan fingerprint density at radius 3 is 1.50 bits per heavy atom. The first-order valence-corrected chi connectivity index (χ1v) is 9.50. The summed E-state index contributed by atoms with van der Waals surface area (Å²) in [5.74, 6) is 0. The molecule has 108 valence electrons. The minimum Gasteiger partial charge on any atom is -0.255 e. The molecule has 0 fully saturated rings. The smallest absolute Gasteiger partial charge is 0.255 e. The van der Waals surface area contributed by atoms with Gasteiger partial charge in [-0.15, -0.1) is 33.2 Å². The van der Waals surface area contributed by atoms with E-state index in [-0.39, 0.29) is 0 Å². The lowest BCUT2D eigenvalue weighted by atomic mass is 10.2. The summed E-state index contributed by atoms with van der Waals surface area (Å²) in [5.41, 5.74) is 2.33. The zero-order valence-electron chi connectivity index (χ0n) is 9.54. The first kappa shape index (κ1) is 23.1. The average Bonchev–Trinajstić information content (AvgIpc) is 2.38. The topological polar surface area (TPSA) is 0 Å². The lowest BCUT2D eigenvalue weighted by Crippen LogP contribution is -2.13. The number of aryl methyl sites for hydroxylation is 1. The molecule has 1 rings (SSSR count). The Hall–Kier alpha value is -0.0431. The van der Waals surface area contributed by atoms with Crippen molar-refractivity contribution in [1.82, 2.24) is 0 Å². The number of halogens is 8. The molecular weight excluding hydrogens is 338 g/mol. The maximum Gasteiger partial charge on any atom is 0.345 e. The maximum absolute atomic E-state index is 9.50. The van der Waals surface area contributed by atoms with Crippen molar-refractivity contribution in [2.24, 2.45) is 0 Å². The highest BCUT2D eigenvalue weighted by molar-refractivity contribution is 7.64. The molecule has 0 saturated carbocycles. The SMILES string of the molecule is CF.Cc1ccc(C[Si](Cl)(Cl)Cl)cc1.FF.FF. The number of rotatable bonds is 2. The Morgan fingerprint density at radius 1 is 0.889 bits per heavy atom. The van der Waals surface area contributed by atoms with Crippen molar-refractivity contribution in [2.75, 3.05) is 7.18 Å². The van der Waals surface area contributed by atoms with Crippen LogP contribution in [-0.4, -0.2) is 13.2 Å². The van der Waals surface area contributed by atoms with Crippen molar-refractivity contribution in [3.63, 3.8) is 0 Å². The second kappa shape index (κ2) is 15.0. The first-order chi connectivity index (χ1) is 8.47. The van der Waals surface area contributed by atoms with Crippen LogP contribution in [0.4, 0.5) is 22.7 Å². The third-order valence-corrected chi connectivity index (χ3v) is 3.54. The lowest BCUT2D eigenvalue weighted by molar-refractivity contribution is 0.108. The number of hydrogen-bond acceptors (Lipinski definition) is 0. The molecule has 0 bridgehead atoms. The van der Waals surface area contributed by atoms with Crippen molar-refractivity contribution in [2.45, 2.75) is 13.0 Å². The summed E-state index contributed by atoms with van der Waals surface area (Å²) < 4.78 is 41.5. The van der Waals surface area contributed by atoms with Gasteiger partial charge in [0.2, 0.25) is 0 Å². The molecule has 1 aromatic carbocycles. The van der Waals surface area contributed by atoms with Gasteiger partial charge < -0.3 is 0 Å². The third-order valence-electron chi connectivity index (χ3n) is 1.53. The quantitative estimate of drug-likeness (QED) is 0.349. The molecule has 1 aromatic rings. The van der Waals surface area contributed by atoms with E-state index in [1.165, 1.54) is 5.56 Å². The van der Waals surface area contributed by atoms with Gasteiger partial charge in [-0.25, -0.2) is 0 Å². The van der Waals surface area contributed by atoms with Gasteiger partial charge in [0.1, 0.15) is 0 Å². The molecule has 0 amide bonds. The summed E-state index contributed by atoms with van der Waals surface area (Å²) in [6.45, 7) is 2.04. The molecule has 0 nitrogen and oxygen atoms in total. The molecule has 0 aliphatic heterocycles. The van der Waals surface area contributed by atoms with Crippen LogP contribution in [0.5, 0.6) is 0 Å². The zero-order valence-corrected chi connectivity index (χ0v) is 12.8. The lowest BCUT2D eigenvalue weighted by Gasteiger charge is -2.07. The second-order valence-corrected chi connectivity index (χ2v) is 11.9. The summed E-state index contributed by atoms with van der Waals surface area (Å²) in [4.78, 5) is 0. The minimum atomic E-state index is -2.50. The van der Waals surface area contributed by atoms with E-state index in [2.05, 4.69) is 0 Å². The fraction of sp³-hybridized carbons (Fsp3) is 0.333. The molecule has 9 heteroatoms. The highest BCUT2D eigenvalue weighted by Gasteiger charge is 2.24. The molecule has 0 atom stereocenters. The molecular formula is C9H12Cl3F5Si. The Labute approximate surface area is 117 Å². The molecule has 0 N–H and O–H groups in total. The molecule has 0 unspecified atom stereocenters. The summed E-state index contributed by atoms with van der Waals surface area (Å²) >= 11 is 17.3. The van der Waals surface area contributed by atoms with Crippen LogP contribution in [0.15, 0.2) is 24.3 Å². The van der Waals surface area contributed by atoms with Gasteiger partial charge in [-0.2, -0.15) is 0 Å². The highest BCUT2D eigenvalue weighted by atomic mass is 35.8. The molecule has 0 aromatic heterocycles. The fourth-order valence-corrected chi connectivity index (χ4v) is 3.02. The second-order valence-electron chi connectivity index (χ2n) is 2.78. The standard InChI is InChI=1S/C8H9Cl3Si.CH3F.2F2/c1-7-2-4-8(5-3-7)6-12(9,10)11;3*1-2/h2-5H,6H2,1H3;1H3;;. The van der Waals surface area contributed by atoms with Crippen molar-refractivity contribution in [3.8, 4) is 0 Å². The van der Waals surface area contributed by atoms with Gasteiger partial charge in [0.15, 0.2) is 0 Å². The molecule has 0 heterocycles. The van der Waals surface area contributed by atoms with Crippen LogP contribution in [0, 0.1) is 6.92 Å². The van der Waals surface area contributed by atoms with Crippen LogP contribution in [0.3, 0.4) is 0 Å². The van der Waals surface area contributed by atoms with Crippen LogP contribution in [0.1, 0.15) is 11.1 Å². The van der Waals surface area contributed by atoms with Crippen molar-refractivity contribution in [1.29, 1.82) is 0 Å². The number of hydrogen-bond donors (Lipinski definition) is 0. The van der Waals surface area contributed by atoms with Crippen LogP contribution in [0.25, 0.3) is 0 Å². The van der Waals surface area contributed by atoms with E-state index < -0.39 is 6.00 Å². The van der Waals surface area contributed by atoms with Gasteiger partial charge >= 0.3 is 6.00 Å². The average molecular weight is 350 g/mol. The molecule has 0 aliphatic rings. The molecule has 0 saturated heterocycles. The number of benzene rings is 1. The zero-order chi connectivity index (χ0) is 15.2. The van der Waals surface area contributed by atoms with Crippen LogP contribution >= 0.6 is 33.2 Å². The van der Waals surface area contributed by atoms with Crippen molar-refractivity contribution < 1.29 is 22.7 Å². The normalized spacial score (nSPS) is 8.78. The van der Waals surface area contributed by atoms with E-state index in [9.17, 15) is 4.39 Å². The van der Waals surface area contributed by atoms with E-state index in [0.717, 1.165) is 5.56 Å². The van der Waals surface area contributed by atoms with Gasteiger partial charge in [0.25, 0.3) is 0 Å². The van der Waals surface area contributed by atoms with Gasteiger partial charge in [0.05, 0.1) is 7.18 Å². The summed E-state index contributed by atoms with van der Waals surface area (Å²) in [6.07, 6.45) is 0. The summed E-state index contributed by atoms with van der Waals surface area (Å²) in [7, 11) is 0.500. The number of alkyl halides is 1. The van der Waals surface area contributed by atoms with E-state index in [4.69, 9.17) is 51.5 Å². The molecule has 0 radical (unpaired) electrons. The van der Waals surface area contributed by atoms with E-state index >= 15 is 0 Å². The Morgan fingerprint density at radius 2 is 1.22 bits per heavy atom. The Bertz CT molecular complexity index is 266. The van der Waals surface area contributed by atoms with Crippen LogP contribution in [-0.2, 0) is 6.04 Å². The first-order valence-electron chi connectivity index (χ1n) is 4.26. The van der Waals surface area contributed by atoms with Crippen molar-refractivity contribution in [3.05, 3.63) is 35.4 Å². The monoisotopic (exact) mass is 348 g/mol. The van der Waals surface area contributed by atoms with Gasteiger partial charge in [-0.3, -0.25) is 4.39 Å². The summed E-state index contributed by atoms with van der Waals surface area (Å²) in [5, 5.41) is 0. The van der Waals surface area contributed by atoms with Gasteiger partial charge in [-0.05, 0) is 12.5 Å². The van der Waals surface area contributed by atoms with E-state index in [1.807, 2.05) is 31.2 Å². The molecule has 0 spiro atoms. The van der Waals surface area contributed by atoms with E-state index in [0.29, 0.717) is 13.2 Å². The van der Waals surface area contributed by atoms with Gasteiger partial charge in [0, 0.05) is 24.3 Å². The Balaban J connectivity index is -0.000000328. The third kappa shape index (κ3) is 16.0. The van der Waals surface area contributed by atoms with E-state index in [1.54, 1.807) is 0 Å². The molecule has 0 aliphatic carbocycles. The fourth-order valence-electron chi connectivity index (χ4n) is 0.937. The van der Waals surface area contributed by atoms with Crippen LogP contribution < -0.4 is 0 Å². The van der Waals surface area contributed by atoms with Gasteiger partial charge in [-0.1, -0.05) is 29.8 Å². The highest BCUT2D eigenvalue weighted by Crippen LogP contribution is 2.24. The minimum absolute atomic E-state index is 0.500. The van der Waals surface area contributed by atoms with Crippen LogP contribution in [0.2, 0.25) is 0 Å². The Kier molecular flexibility index (Phi) is 19.3. The summed E-state index contributed by atoms with van der Waals surface area (Å²) in [6, 6.07) is 6.16. The van der Waals surface area contributed by atoms with Crippen molar-refractivity contribution >= 4 is 39.2 Å². The predicted molar refractivity (Wildman–Crippen MR) is 69.7 cm³/mol. The maximum atomic E-state index is 9.50. The largest absolute Gasteiger partial charge is 0.345 e. The molecule has 18 heavy (non-hydrogen) atoms.